The molecule has 0 radical (unpaired) electrons. The molecule has 0 amide bonds. The highest BCUT2D eigenvalue weighted by Gasteiger charge is 2.06. The molecule has 0 unspecified atom stereocenters. The SMILES string of the molecule is Cc1ncc(CN[C@H](C)c2ccccn2)s1. The van der Waals surface area contributed by atoms with Gasteiger partial charge in [-0.25, -0.2) is 4.98 Å². The zero-order valence-corrected chi connectivity index (χ0v) is 10.3. The number of thiazole rings is 1. The summed E-state index contributed by atoms with van der Waals surface area (Å²) in [7, 11) is 0. The maximum absolute atomic E-state index is 4.32. The van der Waals surface area contributed by atoms with E-state index in [0.29, 0.717) is 0 Å². The van der Waals surface area contributed by atoms with Crippen LogP contribution in [0.25, 0.3) is 0 Å². The molecular weight excluding hydrogens is 218 g/mol. The average molecular weight is 233 g/mol. The third kappa shape index (κ3) is 2.87. The van der Waals surface area contributed by atoms with Crippen molar-refractivity contribution in [3.63, 3.8) is 0 Å². The largest absolute Gasteiger partial charge is 0.304 e. The van der Waals surface area contributed by atoms with Crippen LogP contribution in [0.2, 0.25) is 0 Å². The van der Waals surface area contributed by atoms with Gasteiger partial charge in [0.15, 0.2) is 0 Å². The number of rotatable bonds is 4. The Hall–Kier alpha value is -1.26. The first-order chi connectivity index (χ1) is 7.75. The Morgan fingerprint density at radius 2 is 2.25 bits per heavy atom. The van der Waals surface area contributed by atoms with Gasteiger partial charge in [0.25, 0.3) is 0 Å². The molecule has 2 rings (SSSR count). The number of aryl methyl sites for hydroxylation is 1. The van der Waals surface area contributed by atoms with E-state index in [1.165, 1.54) is 4.88 Å². The third-order valence-electron chi connectivity index (χ3n) is 2.38. The van der Waals surface area contributed by atoms with Gasteiger partial charge in [0.2, 0.25) is 0 Å². The van der Waals surface area contributed by atoms with Gasteiger partial charge in [-0.2, -0.15) is 0 Å². The molecule has 0 spiro atoms. The van der Waals surface area contributed by atoms with Gasteiger partial charge in [-0.3, -0.25) is 4.98 Å². The van der Waals surface area contributed by atoms with E-state index < -0.39 is 0 Å². The van der Waals surface area contributed by atoms with Crippen LogP contribution in [0.1, 0.15) is 28.5 Å². The average Bonchev–Trinajstić information content (AvgIpc) is 2.73. The summed E-state index contributed by atoms with van der Waals surface area (Å²) in [6.07, 6.45) is 3.75. The molecule has 2 aromatic heterocycles. The van der Waals surface area contributed by atoms with Crippen molar-refractivity contribution in [2.75, 3.05) is 0 Å². The Labute approximate surface area is 99.6 Å². The highest BCUT2D eigenvalue weighted by atomic mass is 32.1. The van der Waals surface area contributed by atoms with Crippen molar-refractivity contribution < 1.29 is 0 Å². The molecule has 0 aliphatic rings. The summed E-state index contributed by atoms with van der Waals surface area (Å²) in [5.74, 6) is 0. The monoisotopic (exact) mass is 233 g/mol. The summed E-state index contributed by atoms with van der Waals surface area (Å²) < 4.78 is 0. The first kappa shape index (κ1) is 11.2. The van der Waals surface area contributed by atoms with Crippen molar-refractivity contribution in [1.82, 2.24) is 15.3 Å². The van der Waals surface area contributed by atoms with E-state index in [9.17, 15) is 0 Å². The summed E-state index contributed by atoms with van der Waals surface area (Å²) >= 11 is 1.73. The van der Waals surface area contributed by atoms with E-state index in [2.05, 4.69) is 22.2 Å². The fourth-order valence-electron chi connectivity index (χ4n) is 1.48. The molecule has 16 heavy (non-hydrogen) atoms. The van der Waals surface area contributed by atoms with E-state index in [1.54, 1.807) is 11.3 Å². The molecule has 1 atom stereocenters. The summed E-state index contributed by atoms with van der Waals surface area (Å²) in [6, 6.07) is 6.25. The number of pyridine rings is 1. The maximum atomic E-state index is 4.32. The minimum Gasteiger partial charge on any atom is -0.304 e. The minimum absolute atomic E-state index is 0.267. The second-order valence-electron chi connectivity index (χ2n) is 3.70. The van der Waals surface area contributed by atoms with Crippen LogP contribution >= 0.6 is 11.3 Å². The lowest BCUT2D eigenvalue weighted by Crippen LogP contribution is -2.18. The lowest BCUT2D eigenvalue weighted by atomic mass is 10.2. The molecule has 84 valence electrons. The lowest BCUT2D eigenvalue weighted by Gasteiger charge is -2.11. The second kappa shape index (κ2) is 5.18. The van der Waals surface area contributed by atoms with Crippen LogP contribution in [0.5, 0.6) is 0 Å². The van der Waals surface area contributed by atoms with Crippen LogP contribution in [0.4, 0.5) is 0 Å². The van der Waals surface area contributed by atoms with Crippen molar-refractivity contribution in [3.8, 4) is 0 Å². The quantitative estimate of drug-likeness (QED) is 0.882. The van der Waals surface area contributed by atoms with Crippen LogP contribution in [-0.2, 0) is 6.54 Å². The Balaban J connectivity index is 1.91. The Bertz CT molecular complexity index is 439. The van der Waals surface area contributed by atoms with Gasteiger partial charge in [0, 0.05) is 29.9 Å². The second-order valence-corrected chi connectivity index (χ2v) is 5.02. The first-order valence-corrected chi connectivity index (χ1v) is 6.13. The van der Waals surface area contributed by atoms with E-state index in [0.717, 1.165) is 17.2 Å². The fraction of sp³-hybridized carbons (Fsp3) is 0.333. The van der Waals surface area contributed by atoms with Crippen LogP contribution in [0.15, 0.2) is 30.6 Å². The molecular formula is C12H15N3S. The van der Waals surface area contributed by atoms with Crippen molar-refractivity contribution in [3.05, 3.63) is 46.2 Å². The van der Waals surface area contributed by atoms with E-state index >= 15 is 0 Å². The van der Waals surface area contributed by atoms with E-state index in [4.69, 9.17) is 0 Å². The predicted octanol–water partition coefficient (Wildman–Crippen LogP) is 2.70. The van der Waals surface area contributed by atoms with Gasteiger partial charge in [-0.05, 0) is 26.0 Å². The molecule has 3 nitrogen and oxygen atoms in total. The minimum atomic E-state index is 0.267. The Kier molecular flexibility index (Phi) is 3.64. The number of nitrogens with zero attached hydrogens (tertiary/aromatic N) is 2. The predicted molar refractivity (Wildman–Crippen MR) is 66.3 cm³/mol. The number of hydrogen-bond donors (Lipinski definition) is 1. The van der Waals surface area contributed by atoms with Crippen molar-refractivity contribution in [1.29, 1.82) is 0 Å². The standard InChI is InChI=1S/C12H15N3S/c1-9(12-5-3-4-6-13-12)14-7-11-8-15-10(2)16-11/h3-6,8-9,14H,7H2,1-2H3/t9-/m1/s1. The van der Waals surface area contributed by atoms with E-state index in [1.807, 2.05) is 37.5 Å². The maximum Gasteiger partial charge on any atom is 0.0897 e. The number of nitrogens with one attached hydrogen (secondary N) is 1. The summed E-state index contributed by atoms with van der Waals surface area (Å²) in [5, 5.41) is 4.55. The van der Waals surface area contributed by atoms with Crippen molar-refractivity contribution in [2.45, 2.75) is 26.4 Å². The summed E-state index contributed by atoms with van der Waals surface area (Å²) in [5.41, 5.74) is 1.07. The van der Waals surface area contributed by atoms with Crippen LogP contribution in [0, 0.1) is 6.92 Å². The Morgan fingerprint density at radius 3 is 2.88 bits per heavy atom. The van der Waals surface area contributed by atoms with E-state index in [-0.39, 0.29) is 6.04 Å². The molecule has 0 saturated carbocycles. The molecule has 0 bridgehead atoms. The molecule has 0 aliphatic carbocycles. The topological polar surface area (TPSA) is 37.8 Å². The lowest BCUT2D eigenvalue weighted by molar-refractivity contribution is 0.565. The molecule has 1 N–H and O–H groups in total. The zero-order chi connectivity index (χ0) is 11.4. The van der Waals surface area contributed by atoms with Gasteiger partial charge in [-0.15, -0.1) is 11.3 Å². The fourth-order valence-corrected chi connectivity index (χ4v) is 2.22. The first-order valence-electron chi connectivity index (χ1n) is 5.31. The summed E-state index contributed by atoms with van der Waals surface area (Å²) in [6.45, 7) is 5.00. The van der Waals surface area contributed by atoms with Crippen molar-refractivity contribution >= 4 is 11.3 Å². The molecule has 0 fully saturated rings. The Morgan fingerprint density at radius 1 is 1.38 bits per heavy atom. The smallest absolute Gasteiger partial charge is 0.0897 e. The molecule has 2 aromatic rings. The van der Waals surface area contributed by atoms with Crippen LogP contribution in [-0.4, -0.2) is 9.97 Å². The molecule has 2 heterocycles. The van der Waals surface area contributed by atoms with Gasteiger partial charge in [0.1, 0.15) is 0 Å². The normalized spacial score (nSPS) is 12.6. The molecule has 0 aromatic carbocycles. The molecule has 4 heteroatoms. The number of hydrogen-bond acceptors (Lipinski definition) is 4. The summed E-state index contributed by atoms with van der Waals surface area (Å²) in [4.78, 5) is 9.82. The highest BCUT2D eigenvalue weighted by Crippen LogP contribution is 2.14. The van der Waals surface area contributed by atoms with Gasteiger partial charge < -0.3 is 5.32 Å². The van der Waals surface area contributed by atoms with Crippen molar-refractivity contribution in [2.24, 2.45) is 0 Å². The number of aromatic nitrogens is 2. The zero-order valence-electron chi connectivity index (χ0n) is 9.47. The van der Waals surface area contributed by atoms with Crippen LogP contribution < -0.4 is 5.32 Å². The van der Waals surface area contributed by atoms with Gasteiger partial charge in [-0.1, -0.05) is 6.07 Å². The highest BCUT2D eigenvalue weighted by molar-refractivity contribution is 7.11. The van der Waals surface area contributed by atoms with Gasteiger partial charge in [0.05, 0.1) is 10.7 Å². The molecule has 0 aliphatic heterocycles. The van der Waals surface area contributed by atoms with Crippen LogP contribution in [0.3, 0.4) is 0 Å². The van der Waals surface area contributed by atoms with Gasteiger partial charge >= 0.3 is 0 Å². The molecule has 0 saturated heterocycles. The third-order valence-corrected chi connectivity index (χ3v) is 3.30.